The summed E-state index contributed by atoms with van der Waals surface area (Å²) in [4.78, 5) is 20.9. The number of aryl methyl sites for hydroxylation is 1. The van der Waals surface area contributed by atoms with Gasteiger partial charge in [0, 0.05) is 6.07 Å². The third kappa shape index (κ3) is 5.17. The number of halogens is 3. The van der Waals surface area contributed by atoms with Crippen LogP contribution in [0.4, 0.5) is 19.0 Å². The minimum atomic E-state index is -4.62. The molecule has 11 heteroatoms. The molecular weight excluding hydrogens is 459 g/mol. The number of anilines is 1. The zero-order valence-electron chi connectivity index (χ0n) is 16.6. The molecule has 3 heterocycles. The molecular formula is C21H16F3N5OS2. The van der Waals surface area contributed by atoms with Gasteiger partial charge in [0.1, 0.15) is 11.5 Å². The van der Waals surface area contributed by atoms with Crippen molar-refractivity contribution in [2.45, 2.75) is 18.3 Å². The maximum atomic E-state index is 13.3. The summed E-state index contributed by atoms with van der Waals surface area (Å²) in [5, 5.41) is 8.76. The second-order valence-corrected chi connectivity index (χ2v) is 8.54. The number of carbonyl (C=O) groups is 1. The number of aromatic nitrogens is 4. The van der Waals surface area contributed by atoms with Crippen molar-refractivity contribution in [3.05, 3.63) is 71.4 Å². The third-order valence-electron chi connectivity index (χ3n) is 4.20. The summed E-state index contributed by atoms with van der Waals surface area (Å²) >= 11 is 2.11. The number of thioether (sulfide) groups is 1. The van der Waals surface area contributed by atoms with Gasteiger partial charge in [-0.15, -0.1) is 11.3 Å². The topological polar surface area (TPSA) is 72.7 Å². The molecule has 32 heavy (non-hydrogen) atoms. The average Bonchev–Trinajstić information content (AvgIpc) is 3.42. The molecule has 0 saturated heterocycles. The zero-order chi connectivity index (χ0) is 22.7. The Labute approximate surface area is 189 Å². The van der Waals surface area contributed by atoms with Crippen LogP contribution in [0.25, 0.3) is 16.3 Å². The van der Waals surface area contributed by atoms with Crippen LogP contribution in [0.2, 0.25) is 0 Å². The van der Waals surface area contributed by atoms with Crippen LogP contribution in [-0.4, -0.2) is 31.4 Å². The van der Waals surface area contributed by atoms with Crippen molar-refractivity contribution in [2.75, 3.05) is 11.1 Å². The number of carbonyl (C=O) groups excluding carboxylic acids is 1. The van der Waals surface area contributed by atoms with Crippen molar-refractivity contribution < 1.29 is 18.0 Å². The molecule has 0 bridgehead atoms. The maximum Gasteiger partial charge on any atom is 0.433 e. The van der Waals surface area contributed by atoms with Crippen molar-refractivity contribution in [3.63, 3.8) is 0 Å². The van der Waals surface area contributed by atoms with Crippen molar-refractivity contribution in [1.29, 1.82) is 0 Å². The molecule has 0 atom stereocenters. The van der Waals surface area contributed by atoms with Gasteiger partial charge in [-0.05, 0) is 36.6 Å². The van der Waals surface area contributed by atoms with Crippen molar-refractivity contribution in [3.8, 4) is 16.3 Å². The van der Waals surface area contributed by atoms with Gasteiger partial charge in [0.2, 0.25) is 5.91 Å². The average molecular weight is 476 g/mol. The highest BCUT2D eigenvalue weighted by molar-refractivity contribution is 7.99. The molecule has 4 rings (SSSR count). The van der Waals surface area contributed by atoms with E-state index in [2.05, 4.69) is 20.4 Å². The van der Waals surface area contributed by atoms with E-state index in [-0.39, 0.29) is 16.6 Å². The van der Waals surface area contributed by atoms with Crippen LogP contribution >= 0.6 is 23.1 Å². The van der Waals surface area contributed by atoms with Gasteiger partial charge in [0.15, 0.2) is 5.16 Å². The minimum absolute atomic E-state index is 0.119. The predicted molar refractivity (Wildman–Crippen MR) is 118 cm³/mol. The van der Waals surface area contributed by atoms with Gasteiger partial charge in [-0.25, -0.2) is 14.6 Å². The Morgan fingerprint density at radius 1 is 1.12 bits per heavy atom. The molecule has 164 valence electrons. The van der Waals surface area contributed by atoms with E-state index in [9.17, 15) is 18.0 Å². The molecule has 1 amide bonds. The molecule has 0 fully saturated rings. The fraction of sp³-hybridized carbons (Fsp3) is 0.143. The standard InChI is InChI=1S/C21H16F3N5OS2/c1-13-10-18(29(28-13)14-6-3-2-4-7-14)27-19(30)12-32-20-25-15(16-8-5-9-31-16)11-17(26-20)21(22,23)24/h2-11H,12H2,1H3,(H,27,30). The van der Waals surface area contributed by atoms with Crippen LogP contribution in [0.1, 0.15) is 11.4 Å². The van der Waals surface area contributed by atoms with Crippen LogP contribution in [-0.2, 0) is 11.0 Å². The number of amides is 1. The molecule has 1 aromatic carbocycles. The van der Waals surface area contributed by atoms with Crippen LogP contribution in [0.5, 0.6) is 0 Å². The van der Waals surface area contributed by atoms with E-state index < -0.39 is 17.8 Å². The Balaban J connectivity index is 1.51. The van der Waals surface area contributed by atoms with Gasteiger partial charge in [-0.2, -0.15) is 18.3 Å². The fourth-order valence-corrected chi connectivity index (χ4v) is 4.19. The summed E-state index contributed by atoms with van der Waals surface area (Å²) < 4.78 is 41.5. The van der Waals surface area contributed by atoms with Gasteiger partial charge in [-0.3, -0.25) is 4.79 Å². The second kappa shape index (κ2) is 9.13. The first kappa shape index (κ1) is 22.0. The lowest BCUT2D eigenvalue weighted by atomic mass is 10.3. The summed E-state index contributed by atoms with van der Waals surface area (Å²) in [6.45, 7) is 1.80. The molecule has 0 saturated carbocycles. The molecule has 0 aliphatic heterocycles. The smallest absolute Gasteiger partial charge is 0.310 e. The SMILES string of the molecule is Cc1cc(NC(=O)CSc2nc(-c3cccs3)cc(C(F)(F)F)n2)n(-c2ccccc2)n1. The summed E-state index contributed by atoms with van der Waals surface area (Å²) in [5.41, 5.74) is 0.601. The number of rotatable bonds is 6. The van der Waals surface area contributed by atoms with E-state index in [1.54, 1.807) is 35.2 Å². The summed E-state index contributed by atoms with van der Waals surface area (Å²) in [7, 11) is 0. The summed E-state index contributed by atoms with van der Waals surface area (Å²) in [6.07, 6.45) is -4.62. The monoisotopic (exact) mass is 475 g/mol. The number of nitrogens with zero attached hydrogens (tertiary/aromatic N) is 4. The molecule has 4 aromatic rings. The van der Waals surface area contributed by atoms with E-state index in [0.29, 0.717) is 16.4 Å². The summed E-state index contributed by atoms with van der Waals surface area (Å²) in [5.74, 6) is -0.112. The molecule has 6 nitrogen and oxygen atoms in total. The Kier molecular flexibility index (Phi) is 6.28. The summed E-state index contributed by atoms with van der Waals surface area (Å²) in [6, 6.07) is 15.3. The number of thiophene rings is 1. The number of benzene rings is 1. The van der Waals surface area contributed by atoms with Gasteiger partial charge in [-0.1, -0.05) is 36.0 Å². The Bertz CT molecular complexity index is 1220. The van der Waals surface area contributed by atoms with E-state index in [1.165, 1.54) is 11.3 Å². The first-order chi connectivity index (χ1) is 15.3. The molecule has 1 N–H and O–H groups in total. The lowest BCUT2D eigenvalue weighted by Crippen LogP contribution is -2.17. The number of hydrogen-bond acceptors (Lipinski definition) is 6. The highest BCUT2D eigenvalue weighted by Crippen LogP contribution is 2.33. The highest BCUT2D eigenvalue weighted by atomic mass is 32.2. The normalized spacial score (nSPS) is 11.5. The first-order valence-corrected chi connectivity index (χ1v) is 11.2. The van der Waals surface area contributed by atoms with Crippen LogP contribution < -0.4 is 5.32 Å². The van der Waals surface area contributed by atoms with Crippen LogP contribution in [0.15, 0.2) is 65.1 Å². The quantitative estimate of drug-likeness (QED) is 0.297. The fourth-order valence-electron chi connectivity index (χ4n) is 2.85. The Morgan fingerprint density at radius 2 is 1.91 bits per heavy atom. The maximum absolute atomic E-state index is 13.3. The molecule has 0 aliphatic rings. The van der Waals surface area contributed by atoms with Crippen molar-refractivity contribution in [1.82, 2.24) is 19.7 Å². The second-order valence-electron chi connectivity index (χ2n) is 6.65. The van der Waals surface area contributed by atoms with Crippen LogP contribution in [0, 0.1) is 6.92 Å². The van der Waals surface area contributed by atoms with Crippen molar-refractivity contribution >= 4 is 34.8 Å². The van der Waals surface area contributed by atoms with Gasteiger partial charge < -0.3 is 5.32 Å². The first-order valence-electron chi connectivity index (χ1n) is 9.34. The number of hydrogen-bond donors (Lipinski definition) is 1. The Morgan fingerprint density at radius 3 is 2.59 bits per heavy atom. The highest BCUT2D eigenvalue weighted by Gasteiger charge is 2.34. The Hall–Kier alpha value is -3.18. The third-order valence-corrected chi connectivity index (χ3v) is 5.94. The van der Waals surface area contributed by atoms with Gasteiger partial charge >= 0.3 is 6.18 Å². The van der Waals surface area contributed by atoms with E-state index in [1.807, 2.05) is 30.3 Å². The molecule has 0 spiro atoms. The largest absolute Gasteiger partial charge is 0.433 e. The van der Waals surface area contributed by atoms with E-state index >= 15 is 0 Å². The molecule has 3 aromatic heterocycles. The lowest BCUT2D eigenvalue weighted by molar-refractivity contribution is -0.141. The van der Waals surface area contributed by atoms with Crippen LogP contribution in [0.3, 0.4) is 0 Å². The van der Waals surface area contributed by atoms with Gasteiger partial charge in [0.05, 0.1) is 27.7 Å². The number of para-hydroxylation sites is 1. The molecule has 0 aliphatic carbocycles. The number of alkyl halides is 3. The lowest BCUT2D eigenvalue weighted by Gasteiger charge is -2.10. The predicted octanol–water partition coefficient (Wildman–Crippen LogP) is 5.45. The molecule has 0 unspecified atom stereocenters. The van der Waals surface area contributed by atoms with E-state index in [0.717, 1.165) is 23.5 Å². The number of nitrogens with one attached hydrogen (secondary N) is 1. The molecule has 0 radical (unpaired) electrons. The van der Waals surface area contributed by atoms with Gasteiger partial charge in [0.25, 0.3) is 0 Å². The van der Waals surface area contributed by atoms with E-state index in [4.69, 9.17) is 0 Å². The van der Waals surface area contributed by atoms with Crippen molar-refractivity contribution in [2.24, 2.45) is 0 Å². The zero-order valence-corrected chi connectivity index (χ0v) is 18.3. The minimum Gasteiger partial charge on any atom is -0.310 e.